The maximum Gasteiger partial charge on any atom is 0.212 e. The molecule has 0 unspecified atom stereocenters. The molecule has 4 rings (SSSR count). The number of pyridine rings is 1. The first-order valence-electron chi connectivity index (χ1n) is 6.65. The van der Waals surface area contributed by atoms with Crippen molar-refractivity contribution in [2.75, 3.05) is 0 Å². The highest BCUT2D eigenvalue weighted by atomic mass is 19.1. The van der Waals surface area contributed by atoms with Crippen LogP contribution in [0.25, 0.3) is 22.3 Å². The largest absolute Gasteiger partial charge is 0.228 e. The van der Waals surface area contributed by atoms with E-state index in [9.17, 15) is 4.39 Å². The maximum absolute atomic E-state index is 13.0. The molecule has 0 saturated carbocycles. The predicted octanol–water partition coefficient (Wildman–Crippen LogP) is 4.46. The topological polar surface area (TPSA) is 12.9 Å². The van der Waals surface area contributed by atoms with E-state index in [1.165, 1.54) is 28.3 Å². The van der Waals surface area contributed by atoms with Crippen LogP contribution in [0, 0.1) is 5.95 Å². The van der Waals surface area contributed by atoms with Crippen LogP contribution < -0.4 is 0 Å². The molecule has 1 aromatic heterocycles. The van der Waals surface area contributed by atoms with Crippen LogP contribution in [-0.2, 0) is 6.42 Å². The average Bonchev–Trinajstić information content (AvgIpc) is 2.86. The lowest BCUT2D eigenvalue weighted by Gasteiger charge is -2.09. The Morgan fingerprint density at radius 3 is 2.45 bits per heavy atom. The molecule has 1 heterocycles. The third-order valence-corrected chi connectivity index (χ3v) is 3.86. The van der Waals surface area contributed by atoms with Gasteiger partial charge in [-0.3, -0.25) is 0 Å². The standard InChI is InChI=1S/C18H12FN/c19-17-9-8-14(11-20-17)16-7-3-5-13-10-12-4-1-2-6-15(12)18(13)16/h1-9,11H,10H2. The molecule has 0 fully saturated rings. The predicted molar refractivity (Wildman–Crippen MR) is 77.9 cm³/mol. The van der Waals surface area contributed by atoms with E-state index < -0.39 is 5.95 Å². The second kappa shape index (κ2) is 4.27. The van der Waals surface area contributed by atoms with Gasteiger partial charge in [0.05, 0.1) is 0 Å². The molecule has 0 saturated heterocycles. The lowest BCUT2D eigenvalue weighted by Crippen LogP contribution is -1.88. The number of nitrogens with zero attached hydrogens (tertiary/aromatic N) is 1. The smallest absolute Gasteiger partial charge is 0.212 e. The van der Waals surface area contributed by atoms with E-state index in [1.54, 1.807) is 12.3 Å². The minimum atomic E-state index is -0.443. The molecular weight excluding hydrogens is 249 g/mol. The van der Waals surface area contributed by atoms with Crippen LogP contribution in [0.2, 0.25) is 0 Å². The molecule has 1 nitrogen and oxygen atoms in total. The van der Waals surface area contributed by atoms with Crippen molar-refractivity contribution in [3.05, 3.63) is 77.9 Å². The van der Waals surface area contributed by atoms with E-state index in [2.05, 4.69) is 47.4 Å². The number of fused-ring (bicyclic) bond motifs is 3. The van der Waals surface area contributed by atoms with Gasteiger partial charge in [0, 0.05) is 11.8 Å². The summed E-state index contributed by atoms with van der Waals surface area (Å²) in [5.41, 5.74) is 7.30. The number of halogens is 1. The Morgan fingerprint density at radius 2 is 1.60 bits per heavy atom. The highest BCUT2D eigenvalue weighted by Crippen LogP contribution is 2.42. The first-order valence-corrected chi connectivity index (χ1v) is 6.65. The fourth-order valence-corrected chi connectivity index (χ4v) is 2.96. The van der Waals surface area contributed by atoms with Gasteiger partial charge in [-0.1, -0.05) is 42.5 Å². The molecule has 96 valence electrons. The molecule has 0 aliphatic heterocycles. The van der Waals surface area contributed by atoms with Crippen LogP contribution >= 0.6 is 0 Å². The van der Waals surface area contributed by atoms with Crippen molar-refractivity contribution in [2.24, 2.45) is 0 Å². The van der Waals surface area contributed by atoms with E-state index in [0.29, 0.717) is 0 Å². The van der Waals surface area contributed by atoms with E-state index >= 15 is 0 Å². The van der Waals surface area contributed by atoms with E-state index in [4.69, 9.17) is 0 Å². The van der Waals surface area contributed by atoms with Crippen molar-refractivity contribution in [1.29, 1.82) is 0 Å². The van der Waals surface area contributed by atoms with Gasteiger partial charge in [0.1, 0.15) is 0 Å². The van der Waals surface area contributed by atoms with Crippen molar-refractivity contribution >= 4 is 0 Å². The number of aromatic nitrogens is 1. The van der Waals surface area contributed by atoms with Gasteiger partial charge < -0.3 is 0 Å². The summed E-state index contributed by atoms with van der Waals surface area (Å²) in [6, 6.07) is 18.0. The number of benzene rings is 2. The first-order chi connectivity index (χ1) is 9.83. The quantitative estimate of drug-likeness (QED) is 0.461. The average molecular weight is 261 g/mol. The second-order valence-corrected chi connectivity index (χ2v) is 5.04. The molecule has 0 radical (unpaired) electrons. The van der Waals surface area contributed by atoms with Gasteiger partial charge in [0.15, 0.2) is 0 Å². The summed E-state index contributed by atoms with van der Waals surface area (Å²) in [7, 11) is 0. The van der Waals surface area contributed by atoms with Crippen LogP contribution in [0.3, 0.4) is 0 Å². The third kappa shape index (κ3) is 1.65. The molecule has 1 aliphatic rings. The van der Waals surface area contributed by atoms with Crippen molar-refractivity contribution in [1.82, 2.24) is 4.98 Å². The fourth-order valence-electron chi connectivity index (χ4n) is 2.96. The normalized spacial score (nSPS) is 12.1. The minimum absolute atomic E-state index is 0.443. The summed E-state index contributed by atoms with van der Waals surface area (Å²) in [4.78, 5) is 3.77. The molecule has 0 atom stereocenters. The molecule has 20 heavy (non-hydrogen) atoms. The summed E-state index contributed by atoms with van der Waals surface area (Å²) >= 11 is 0. The summed E-state index contributed by atoms with van der Waals surface area (Å²) < 4.78 is 13.0. The molecule has 0 bridgehead atoms. The van der Waals surface area contributed by atoms with Gasteiger partial charge in [0.25, 0.3) is 0 Å². The highest BCUT2D eigenvalue weighted by molar-refractivity contribution is 5.90. The Morgan fingerprint density at radius 1 is 0.800 bits per heavy atom. The SMILES string of the molecule is Fc1ccc(-c2cccc3c2-c2ccccc2C3)cn1. The zero-order valence-electron chi connectivity index (χ0n) is 10.8. The monoisotopic (exact) mass is 261 g/mol. The number of rotatable bonds is 1. The van der Waals surface area contributed by atoms with Crippen LogP contribution in [0.15, 0.2) is 60.8 Å². The highest BCUT2D eigenvalue weighted by Gasteiger charge is 2.21. The third-order valence-electron chi connectivity index (χ3n) is 3.86. The Balaban J connectivity index is 1.97. The van der Waals surface area contributed by atoms with Crippen LogP contribution in [-0.4, -0.2) is 4.98 Å². The zero-order chi connectivity index (χ0) is 13.5. The van der Waals surface area contributed by atoms with Crippen molar-refractivity contribution in [2.45, 2.75) is 6.42 Å². The van der Waals surface area contributed by atoms with Gasteiger partial charge in [-0.25, -0.2) is 4.98 Å². The fraction of sp³-hybridized carbons (Fsp3) is 0.0556. The van der Waals surface area contributed by atoms with Crippen LogP contribution in [0.1, 0.15) is 11.1 Å². The van der Waals surface area contributed by atoms with E-state index in [-0.39, 0.29) is 0 Å². The maximum atomic E-state index is 13.0. The van der Waals surface area contributed by atoms with Gasteiger partial charge in [0.2, 0.25) is 5.95 Å². The van der Waals surface area contributed by atoms with Gasteiger partial charge >= 0.3 is 0 Å². The Bertz CT molecular complexity index is 791. The molecule has 2 aromatic carbocycles. The van der Waals surface area contributed by atoms with E-state index in [0.717, 1.165) is 17.5 Å². The van der Waals surface area contributed by atoms with Gasteiger partial charge in [-0.05, 0) is 46.4 Å². The van der Waals surface area contributed by atoms with Gasteiger partial charge in [-0.2, -0.15) is 4.39 Å². The van der Waals surface area contributed by atoms with E-state index in [1.807, 2.05) is 0 Å². The second-order valence-electron chi connectivity index (χ2n) is 5.04. The zero-order valence-corrected chi connectivity index (χ0v) is 10.8. The Hall–Kier alpha value is -2.48. The molecule has 0 spiro atoms. The van der Waals surface area contributed by atoms with Crippen molar-refractivity contribution in [3.8, 4) is 22.3 Å². The van der Waals surface area contributed by atoms with Crippen molar-refractivity contribution in [3.63, 3.8) is 0 Å². The summed E-state index contributed by atoms with van der Waals surface area (Å²) in [5.74, 6) is -0.443. The summed E-state index contributed by atoms with van der Waals surface area (Å²) in [5, 5.41) is 0. The molecule has 0 amide bonds. The van der Waals surface area contributed by atoms with Crippen LogP contribution in [0.4, 0.5) is 4.39 Å². The van der Waals surface area contributed by atoms with Crippen LogP contribution in [0.5, 0.6) is 0 Å². The Kier molecular flexibility index (Phi) is 2.43. The minimum Gasteiger partial charge on any atom is -0.228 e. The lowest BCUT2D eigenvalue weighted by molar-refractivity contribution is 0.584. The molecule has 2 heteroatoms. The molecule has 0 N–H and O–H groups in total. The molecule has 1 aliphatic carbocycles. The molecule has 3 aromatic rings. The Labute approximate surface area is 116 Å². The first kappa shape index (κ1) is 11.4. The number of hydrogen-bond donors (Lipinski definition) is 0. The number of hydrogen-bond acceptors (Lipinski definition) is 1. The summed E-state index contributed by atoms with van der Waals surface area (Å²) in [6.07, 6.45) is 2.57. The lowest BCUT2D eigenvalue weighted by atomic mass is 9.95. The summed E-state index contributed by atoms with van der Waals surface area (Å²) in [6.45, 7) is 0. The molecular formula is C18H12FN. The van der Waals surface area contributed by atoms with Gasteiger partial charge in [-0.15, -0.1) is 0 Å². The van der Waals surface area contributed by atoms with Crippen molar-refractivity contribution < 1.29 is 4.39 Å².